The molecule has 0 aliphatic carbocycles. The number of rotatable bonds is 4. The zero-order valence-electron chi connectivity index (χ0n) is 11.1. The largest absolute Gasteiger partial charge is 0.308 e. The minimum absolute atomic E-state index is 0.194. The summed E-state index contributed by atoms with van der Waals surface area (Å²) in [6, 6.07) is 4.44. The summed E-state index contributed by atoms with van der Waals surface area (Å²) in [4.78, 5) is 2.83. The molecule has 1 nitrogen and oxygen atoms in total. The summed E-state index contributed by atoms with van der Waals surface area (Å²) < 4.78 is 0. The van der Waals surface area contributed by atoms with E-state index in [1.54, 1.807) is 0 Å². The Balaban J connectivity index is 2.56. The molecule has 1 aromatic heterocycles. The minimum atomic E-state index is 0.194. The highest BCUT2D eigenvalue weighted by atomic mass is 32.1. The zero-order chi connectivity index (χ0) is 12.2. The van der Waals surface area contributed by atoms with Crippen molar-refractivity contribution in [3.63, 3.8) is 0 Å². The molecule has 0 spiro atoms. The number of hydrogen-bond acceptors (Lipinski definition) is 2. The standard InChI is InChI=1S/C14H23NS/c1-6-12-7-8-13(16-12)9-11(2)10-15-14(3,4)5/h7-9,15H,6,10H2,1-5H3. The van der Waals surface area contributed by atoms with Crippen LogP contribution >= 0.6 is 11.3 Å². The molecule has 0 fully saturated rings. The van der Waals surface area contributed by atoms with Gasteiger partial charge in [0.2, 0.25) is 0 Å². The Bertz CT molecular complexity index is 355. The summed E-state index contributed by atoms with van der Waals surface area (Å²) in [5.41, 5.74) is 1.58. The van der Waals surface area contributed by atoms with Gasteiger partial charge in [-0.15, -0.1) is 11.3 Å². The third-order valence-corrected chi connectivity index (χ3v) is 3.49. The van der Waals surface area contributed by atoms with E-state index in [0.717, 1.165) is 13.0 Å². The minimum Gasteiger partial charge on any atom is -0.308 e. The van der Waals surface area contributed by atoms with E-state index in [9.17, 15) is 0 Å². The third-order valence-electron chi connectivity index (χ3n) is 2.32. The molecule has 0 atom stereocenters. The van der Waals surface area contributed by atoms with Crippen molar-refractivity contribution in [2.75, 3.05) is 6.54 Å². The molecule has 0 bridgehead atoms. The number of nitrogens with one attached hydrogen (secondary N) is 1. The molecule has 1 heterocycles. The predicted molar refractivity (Wildman–Crippen MR) is 75.1 cm³/mol. The van der Waals surface area contributed by atoms with E-state index in [1.807, 2.05) is 11.3 Å². The van der Waals surface area contributed by atoms with Gasteiger partial charge in [0.15, 0.2) is 0 Å². The van der Waals surface area contributed by atoms with E-state index in [-0.39, 0.29) is 5.54 Å². The van der Waals surface area contributed by atoms with E-state index < -0.39 is 0 Å². The van der Waals surface area contributed by atoms with Gasteiger partial charge < -0.3 is 5.32 Å². The lowest BCUT2D eigenvalue weighted by molar-refractivity contribution is 0.445. The molecular formula is C14H23NS. The van der Waals surface area contributed by atoms with Crippen LogP contribution in [0.2, 0.25) is 0 Å². The molecule has 1 N–H and O–H groups in total. The van der Waals surface area contributed by atoms with Crippen LogP contribution in [0.4, 0.5) is 0 Å². The van der Waals surface area contributed by atoms with Crippen LogP contribution in [0.25, 0.3) is 6.08 Å². The molecule has 0 saturated carbocycles. The summed E-state index contributed by atoms with van der Waals surface area (Å²) in [5.74, 6) is 0. The molecule has 90 valence electrons. The monoisotopic (exact) mass is 237 g/mol. The molecule has 0 unspecified atom stereocenters. The second kappa shape index (κ2) is 5.65. The smallest absolute Gasteiger partial charge is 0.0273 e. The lowest BCUT2D eigenvalue weighted by Gasteiger charge is -2.20. The van der Waals surface area contributed by atoms with Gasteiger partial charge in [-0.3, -0.25) is 0 Å². The molecule has 2 heteroatoms. The second-order valence-corrected chi connectivity index (χ2v) is 6.45. The van der Waals surface area contributed by atoms with Gasteiger partial charge in [0.05, 0.1) is 0 Å². The number of hydrogen-bond donors (Lipinski definition) is 1. The topological polar surface area (TPSA) is 12.0 Å². The molecule has 0 radical (unpaired) electrons. The van der Waals surface area contributed by atoms with Crippen molar-refractivity contribution in [3.05, 3.63) is 27.5 Å². The van der Waals surface area contributed by atoms with Gasteiger partial charge in [-0.05, 0) is 52.3 Å². The van der Waals surface area contributed by atoms with Gasteiger partial charge in [0, 0.05) is 21.8 Å². The van der Waals surface area contributed by atoms with E-state index in [2.05, 4.69) is 58.1 Å². The van der Waals surface area contributed by atoms with Crippen LogP contribution < -0.4 is 5.32 Å². The van der Waals surface area contributed by atoms with Crippen LogP contribution in [-0.4, -0.2) is 12.1 Å². The maximum absolute atomic E-state index is 3.50. The SMILES string of the molecule is CCc1ccc(C=C(C)CNC(C)(C)C)s1. The summed E-state index contributed by atoms with van der Waals surface area (Å²) in [7, 11) is 0. The van der Waals surface area contributed by atoms with Gasteiger partial charge in [0.25, 0.3) is 0 Å². The fraction of sp³-hybridized carbons (Fsp3) is 0.571. The predicted octanol–water partition coefficient (Wildman–Crippen LogP) is 4.10. The van der Waals surface area contributed by atoms with Gasteiger partial charge in [0.1, 0.15) is 0 Å². The second-order valence-electron chi connectivity index (χ2n) is 5.25. The molecule has 0 aromatic carbocycles. The first kappa shape index (κ1) is 13.5. The normalized spacial score (nSPS) is 13.2. The van der Waals surface area contributed by atoms with E-state index in [4.69, 9.17) is 0 Å². The number of thiophene rings is 1. The van der Waals surface area contributed by atoms with Crippen LogP contribution in [0.5, 0.6) is 0 Å². The number of aryl methyl sites for hydroxylation is 1. The Morgan fingerprint density at radius 2 is 2.06 bits per heavy atom. The average molecular weight is 237 g/mol. The van der Waals surface area contributed by atoms with Crippen molar-refractivity contribution in [3.8, 4) is 0 Å². The summed E-state index contributed by atoms with van der Waals surface area (Å²) >= 11 is 1.89. The molecule has 16 heavy (non-hydrogen) atoms. The quantitative estimate of drug-likeness (QED) is 0.831. The van der Waals surface area contributed by atoms with Crippen LogP contribution in [0, 0.1) is 0 Å². The summed E-state index contributed by atoms with van der Waals surface area (Å²) in [5, 5.41) is 3.50. The van der Waals surface area contributed by atoms with Gasteiger partial charge >= 0.3 is 0 Å². The van der Waals surface area contributed by atoms with E-state index in [1.165, 1.54) is 15.3 Å². The molecule has 1 rings (SSSR count). The fourth-order valence-electron chi connectivity index (χ4n) is 1.36. The van der Waals surface area contributed by atoms with E-state index in [0.29, 0.717) is 0 Å². The fourth-order valence-corrected chi connectivity index (χ4v) is 2.34. The highest BCUT2D eigenvalue weighted by molar-refractivity contribution is 7.12. The highest BCUT2D eigenvalue weighted by Gasteiger charge is 2.07. The van der Waals surface area contributed by atoms with E-state index >= 15 is 0 Å². The molecule has 1 aromatic rings. The Morgan fingerprint density at radius 1 is 1.38 bits per heavy atom. The Hall–Kier alpha value is -0.600. The highest BCUT2D eigenvalue weighted by Crippen LogP contribution is 2.19. The zero-order valence-corrected chi connectivity index (χ0v) is 11.9. The molecule has 0 amide bonds. The van der Waals surface area contributed by atoms with Crippen LogP contribution in [0.15, 0.2) is 17.7 Å². The van der Waals surface area contributed by atoms with Crippen LogP contribution in [0.1, 0.15) is 44.4 Å². The third kappa shape index (κ3) is 4.95. The van der Waals surface area contributed by atoms with Gasteiger partial charge in [-0.1, -0.05) is 12.5 Å². The van der Waals surface area contributed by atoms with Gasteiger partial charge in [-0.25, -0.2) is 0 Å². The first-order chi connectivity index (χ1) is 7.40. The van der Waals surface area contributed by atoms with Crippen molar-refractivity contribution in [1.82, 2.24) is 5.32 Å². The lowest BCUT2D eigenvalue weighted by Crippen LogP contribution is -2.36. The van der Waals surface area contributed by atoms with Crippen LogP contribution in [-0.2, 0) is 6.42 Å². The maximum atomic E-state index is 3.50. The Labute approximate surface area is 104 Å². The summed E-state index contributed by atoms with van der Waals surface area (Å²) in [6.07, 6.45) is 3.42. The molecular weight excluding hydrogens is 214 g/mol. The van der Waals surface area contributed by atoms with Gasteiger partial charge in [-0.2, -0.15) is 0 Å². The Kier molecular flexibility index (Phi) is 4.75. The first-order valence-electron chi connectivity index (χ1n) is 5.91. The maximum Gasteiger partial charge on any atom is 0.0273 e. The molecule has 0 aliphatic heterocycles. The van der Waals surface area contributed by atoms with Crippen molar-refractivity contribution >= 4 is 17.4 Å². The molecule has 0 aliphatic rings. The van der Waals surface area contributed by atoms with Crippen molar-refractivity contribution < 1.29 is 0 Å². The van der Waals surface area contributed by atoms with Crippen molar-refractivity contribution in [2.24, 2.45) is 0 Å². The average Bonchev–Trinajstić information content (AvgIpc) is 2.61. The lowest BCUT2D eigenvalue weighted by atomic mass is 10.1. The Morgan fingerprint density at radius 3 is 2.56 bits per heavy atom. The summed E-state index contributed by atoms with van der Waals surface area (Å²) in [6.45, 7) is 11.9. The first-order valence-corrected chi connectivity index (χ1v) is 6.73. The van der Waals surface area contributed by atoms with Crippen LogP contribution in [0.3, 0.4) is 0 Å². The van der Waals surface area contributed by atoms with Crippen molar-refractivity contribution in [1.29, 1.82) is 0 Å². The molecule has 0 saturated heterocycles. The van der Waals surface area contributed by atoms with Crippen molar-refractivity contribution in [2.45, 2.75) is 46.6 Å².